The lowest BCUT2D eigenvalue weighted by atomic mass is 10.2. The molecular formula is C20H18ClN7O2. The fourth-order valence-corrected chi connectivity index (χ4v) is 3.15. The fourth-order valence-electron chi connectivity index (χ4n) is 2.96. The van der Waals surface area contributed by atoms with Gasteiger partial charge in [-0.25, -0.2) is 9.97 Å². The van der Waals surface area contributed by atoms with Gasteiger partial charge in [-0.05, 0) is 36.4 Å². The van der Waals surface area contributed by atoms with Crippen LogP contribution in [0, 0.1) is 0 Å². The number of halogens is 1. The van der Waals surface area contributed by atoms with Gasteiger partial charge in [0.2, 0.25) is 5.91 Å². The number of hydrogen-bond donors (Lipinski definition) is 4. The van der Waals surface area contributed by atoms with E-state index >= 15 is 0 Å². The van der Waals surface area contributed by atoms with Gasteiger partial charge in [0.25, 0.3) is 0 Å². The Hall–Kier alpha value is -3.85. The molecule has 2 aromatic carbocycles. The van der Waals surface area contributed by atoms with E-state index in [9.17, 15) is 4.79 Å². The number of anilines is 5. The van der Waals surface area contributed by atoms with Crippen LogP contribution in [0.1, 0.15) is 6.92 Å². The zero-order valence-electron chi connectivity index (χ0n) is 16.2. The standard InChI is InChI=1S/C20H18ClN7O2/c1-11(29)24-15-9-14(6-7-16(15)30-2)26-20-17-18(22-10-23-19(17)27-28-20)25-13-5-3-4-12(21)8-13/h3-10H,1-2H3,(H,24,29)(H3,22,23,25,26,27,28). The normalized spacial score (nSPS) is 10.6. The van der Waals surface area contributed by atoms with Crippen LogP contribution in [0.15, 0.2) is 48.8 Å². The van der Waals surface area contributed by atoms with Crippen LogP contribution in [0.2, 0.25) is 5.02 Å². The number of hydrogen-bond acceptors (Lipinski definition) is 7. The number of amides is 1. The second-order valence-electron chi connectivity index (χ2n) is 6.38. The topological polar surface area (TPSA) is 117 Å². The van der Waals surface area contributed by atoms with Crippen molar-refractivity contribution in [1.82, 2.24) is 20.2 Å². The molecule has 0 bridgehead atoms. The molecule has 0 unspecified atom stereocenters. The molecule has 0 aliphatic rings. The van der Waals surface area contributed by atoms with Crippen LogP contribution >= 0.6 is 11.6 Å². The van der Waals surface area contributed by atoms with E-state index in [-0.39, 0.29) is 5.91 Å². The summed E-state index contributed by atoms with van der Waals surface area (Å²) in [6.07, 6.45) is 1.43. The maximum atomic E-state index is 11.5. The van der Waals surface area contributed by atoms with Crippen molar-refractivity contribution in [2.24, 2.45) is 0 Å². The maximum Gasteiger partial charge on any atom is 0.221 e. The zero-order chi connectivity index (χ0) is 21.1. The number of aromatic nitrogens is 4. The SMILES string of the molecule is COc1ccc(Nc2[nH]nc3ncnc(Nc4cccc(Cl)c4)c23)cc1NC(C)=O. The van der Waals surface area contributed by atoms with Gasteiger partial charge in [0.1, 0.15) is 29.1 Å². The van der Waals surface area contributed by atoms with Gasteiger partial charge in [-0.3, -0.25) is 9.89 Å². The molecule has 0 aliphatic heterocycles. The molecule has 0 saturated heterocycles. The third kappa shape index (κ3) is 4.11. The van der Waals surface area contributed by atoms with E-state index in [0.717, 1.165) is 5.69 Å². The Bertz CT molecular complexity index is 1220. The summed E-state index contributed by atoms with van der Waals surface area (Å²) < 4.78 is 5.30. The highest BCUT2D eigenvalue weighted by Gasteiger charge is 2.14. The molecule has 2 heterocycles. The number of carbonyl (C=O) groups excluding carboxylic acids is 1. The van der Waals surface area contributed by atoms with E-state index in [1.165, 1.54) is 13.3 Å². The largest absolute Gasteiger partial charge is 0.495 e. The zero-order valence-corrected chi connectivity index (χ0v) is 16.9. The van der Waals surface area contributed by atoms with Crippen molar-refractivity contribution in [3.8, 4) is 5.75 Å². The fraction of sp³-hybridized carbons (Fsp3) is 0.100. The Morgan fingerprint density at radius 2 is 1.93 bits per heavy atom. The van der Waals surface area contributed by atoms with Gasteiger partial charge in [0.05, 0.1) is 12.8 Å². The Morgan fingerprint density at radius 1 is 1.10 bits per heavy atom. The van der Waals surface area contributed by atoms with Gasteiger partial charge >= 0.3 is 0 Å². The lowest BCUT2D eigenvalue weighted by Crippen LogP contribution is -2.07. The third-order valence-corrected chi connectivity index (χ3v) is 4.45. The summed E-state index contributed by atoms with van der Waals surface area (Å²) in [5, 5.41) is 17.7. The summed E-state index contributed by atoms with van der Waals surface area (Å²) >= 11 is 6.08. The van der Waals surface area contributed by atoms with Crippen molar-refractivity contribution in [2.75, 3.05) is 23.1 Å². The minimum Gasteiger partial charge on any atom is -0.495 e. The molecule has 1 amide bonds. The van der Waals surface area contributed by atoms with Gasteiger partial charge in [-0.15, -0.1) is 0 Å². The molecule has 4 N–H and O–H groups in total. The maximum absolute atomic E-state index is 11.5. The molecule has 0 fully saturated rings. The number of carbonyl (C=O) groups is 1. The Labute approximate surface area is 176 Å². The molecule has 10 heteroatoms. The molecule has 0 saturated carbocycles. The van der Waals surface area contributed by atoms with Crippen LogP contribution in [0.5, 0.6) is 5.75 Å². The number of H-pyrrole nitrogens is 1. The van der Waals surface area contributed by atoms with Crippen molar-refractivity contribution in [2.45, 2.75) is 6.92 Å². The van der Waals surface area contributed by atoms with Crippen LogP contribution in [0.3, 0.4) is 0 Å². The van der Waals surface area contributed by atoms with E-state index in [2.05, 4.69) is 36.1 Å². The second-order valence-corrected chi connectivity index (χ2v) is 6.81. The van der Waals surface area contributed by atoms with E-state index in [1.54, 1.807) is 31.4 Å². The Kier molecular flexibility index (Phi) is 5.36. The summed E-state index contributed by atoms with van der Waals surface area (Å²) in [4.78, 5) is 20.0. The molecule has 9 nitrogen and oxygen atoms in total. The van der Waals surface area contributed by atoms with Gasteiger partial charge in [0.15, 0.2) is 5.65 Å². The van der Waals surface area contributed by atoms with Gasteiger partial charge in [0, 0.05) is 23.3 Å². The van der Waals surface area contributed by atoms with Gasteiger partial charge in [-0.1, -0.05) is 17.7 Å². The van der Waals surface area contributed by atoms with Crippen LogP contribution in [-0.2, 0) is 4.79 Å². The monoisotopic (exact) mass is 423 g/mol. The molecule has 4 aromatic rings. The molecule has 0 aliphatic carbocycles. The molecule has 0 radical (unpaired) electrons. The lowest BCUT2D eigenvalue weighted by molar-refractivity contribution is -0.114. The minimum atomic E-state index is -0.196. The van der Waals surface area contributed by atoms with Crippen molar-refractivity contribution in [3.63, 3.8) is 0 Å². The predicted octanol–water partition coefficient (Wildman–Crippen LogP) is 4.46. The highest BCUT2D eigenvalue weighted by molar-refractivity contribution is 6.30. The number of aromatic amines is 1. The summed E-state index contributed by atoms with van der Waals surface area (Å²) in [5.41, 5.74) is 2.54. The first-order valence-electron chi connectivity index (χ1n) is 8.98. The number of ether oxygens (including phenoxy) is 1. The van der Waals surface area contributed by atoms with E-state index in [0.29, 0.717) is 44.8 Å². The quantitative estimate of drug-likeness (QED) is 0.361. The first-order valence-corrected chi connectivity index (χ1v) is 9.35. The molecule has 152 valence electrons. The first-order chi connectivity index (χ1) is 14.5. The first kappa shape index (κ1) is 19.5. The second kappa shape index (κ2) is 8.26. The molecule has 4 rings (SSSR count). The van der Waals surface area contributed by atoms with Crippen molar-refractivity contribution < 1.29 is 9.53 Å². The minimum absolute atomic E-state index is 0.196. The van der Waals surface area contributed by atoms with Crippen molar-refractivity contribution >= 4 is 57.2 Å². The van der Waals surface area contributed by atoms with Crippen LogP contribution in [-0.4, -0.2) is 33.2 Å². The smallest absolute Gasteiger partial charge is 0.221 e. The predicted molar refractivity (Wildman–Crippen MR) is 117 cm³/mol. The van der Waals surface area contributed by atoms with Gasteiger partial charge in [-0.2, -0.15) is 5.10 Å². The van der Waals surface area contributed by atoms with Crippen LogP contribution in [0.4, 0.5) is 28.7 Å². The van der Waals surface area contributed by atoms with E-state index in [1.807, 2.05) is 18.2 Å². The number of benzene rings is 2. The molecule has 0 atom stereocenters. The van der Waals surface area contributed by atoms with Crippen LogP contribution < -0.4 is 20.7 Å². The molecule has 30 heavy (non-hydrogen) atoms. The van der Waals surface area contributed by atoms with Crippen LogP contribution in [0.25, 0.3) is 11.0 Å². The number of rotatable bonds is 6. The number of fused-ring (bicyclic) bond motifs is 1. The Balaban J connectivity index is 1.69. The van der Waals surface area contributed by atoms with Crippen molar-refractivity contribution in [3.05, 3.63) is 53.8 Å². The average molecular weight is 424 g/mol. The molecular weight excluding hydrogens is 406 g/mol. The number of nitrogens with one attached hydrogen (secondary N) is 4. The summed E-state index contributed by atoms with van der Waals surface area (Å²) in [5.74, 6) is 1.51. The highest BCUT2D eigenvalue weighted by Crippen LogP contribution is 2.33. The molecule has 0 spiro atoms. The third-order valence-electron chi connectivity index (χ3n) is 4.22. The summed E-state index contributed by atoms with van der Waals surface area (Å²) in [6.45, 7) is 1.44. The number of methoxy groups -OCH3 is 1. The summed E-state index contributed by atoms with van der Waals surface area (Å²) in [7, 11) is 1.54. The molecule has 2 aromatic heterocycles. The van der Waals surface area contributed by atoms with Crippen molar-refractivity contribution in [1.29, 1.82) is 0 Å². The highest BCUT2D eigenvalue weighted by atomic mass is 35.5. The average Bonchev–Trinajstić information content (AvgIpc) is 3.12. The lowest BCUT2D eigenvalue weighted by Gasteiger charge is -2.12. The van der Waals surface area contributed by atoms with E-state index in [4.69, 9.17) is 16.3 Å². The van der Waals surface area contributed by atoms with E-state index < -0.39 is 0 Å². The summed E-state index contributed by atoms with van der Waals surface area (Å²) in [6, 6.07) is 12.7. The number of nitrogens with zero attached hydrogens (tertiary/aromatic N) is 3. The Morgan fingerprint density at radius 3 is 2.70 bits per heavy atom. The van der Waals surface area contributed by atoms with Gasteiger partial charge < -0.3 is 20.7 Å².